The normalized spacial score (nSPS) is 27.6. The summed E-state index contributed by atoms with van der Waals surface area (Å²) >= 11 is 0. The fourth-order valence-corrected chi connectivity index (χ4v) is 2.88. The van der Waals surface area contributed by atoms with Crippen molar-refractivity contribution >= 4 is 5.78 Å². The van der Waals surface area contributed by atoms with Crippen LogP contribution in [-0.2, 0) is 4.79 Å². The highest BCUT2D eigenvalue weighted by Gasteiger charge is 2.46. The molecule has 0 aromatic rings. The topological polar surface area (TPSA) is 37.3 Å². The molecule has 0 aromatic carbocycles. The van der Waals surface area contributed by atoms with E-state index in [9.17, 15) is 9.90 Å². The van der Waals surface area contributed by atoms with E-state index in [1.54, 1.807) is 0 Å². The Labute approximate surface area is 80.3 Å². The number of hydrogen-bond acceptors (Lipinski definition) is 2. The van der Waals surface area contributed by atoms with Gasteiger partial charge in [-0.15, -0.1) is 0 Å². The van der Waals surface area contributed by atoms with Gasteiger partial charge in [0.05, 0.1) is 0 Å². The van der Waals surface area contributed by atoms with Gasteiger partial charge >= 0.3 is 0 Å². The molecule has 0 heterocycles. The highest BCUT2D eigenvalue weighted by Crippen LogP contribution is 2.48. The Balaban J connectivity index is 2.94. The van der Waals surface area contributed by atoms with Gasteiger partial charge in [0.1, 0.15) is 5.78 Å². The number of carbonyl (C=O) groups excluding carboxylic acids is 1. The van der Waals surface area contributed by atoms with Crippen molar-refractivity contribution in [3.63, 3.8) is 0 Å². The van der Waals surface area contributed by atoms with Crippen LogP contribution < -0.4 is 0 Å². The first-order valence-electron chi connectivity index (χ1n) is 4.92. The van der Waals surface area contributed by atoms with Gasteiger partial charge in [0, 0.05) is 19.4 Å². The number of aliphatic hydroxyl groups excluding tert-OH is 1. The van der Waals surface area contributed by atoms with E-state index in [0.717, 1.165) is 0 Å². The molecule has 1 aliphatic rings. The van der Waals surface area contributed by atoms with Crippen LogP contribution in [0, 0.1) is 16.7 Å². The van der Waals surface area contributed by atoms with Gasteiger partial charge < -0.3 is 5.11 Å². The lowest BCUT2D eigenvalue weighted by Gasteiger charge is -2.47. The van der Waals surface area contributed by atoms with Crippen molar-refractivity contribution in [2.45, 2.75) is 40.5 Å². The molecule has 0 unspecified atom stereocenters. The number of rotatable bonds is 1. The second-order valence-electron chi connectivity index (χ2n) is 5.60. The third kappa shape index (κ3) is 1.93. The summed E-state index contributed by atoms with van der Waals surface area (Å²) in [5.41, 5.74) is -0.0961. The van der Waals surface area contributed by atoms with Crippen molar-refractivity contribution in [2.75, 3.05) is 6.61 Å². The van der Waals surface area contributed by atoms with Crippen LogP contribution >= 0.6 is 0 Å². The summed E-state index contributed by atoms with van der Waals surface area (Å²) in [6.45, 7) is 8.49. The third-order valence-corrected chi connectivity index (χ3v) is 3.37. The average Bonchev–Trinajstić information content (AvgIpc) is 1.79. The highest BCUT2D eigenvalue weighted by atomic mass is 16.3. The van der Waals surface area contributed by atoms with Gasteiger partial charge in [-0.3, -0.25) is 4.79 Å². The molecule has 2 heteroatoms. The molecule has 76 valence electrons. The van der Waals surface area contributed by atoms with E-state index in [1.807, 2.05) is 0 Å². The summed E-state index contributed by atoms with van der Waals surface area (Å²) in [6.07, 6.45) is 1.23. The third-order valence-electron chi connectivity index (χ3n) is 3.37. The summed E-state index contributed by atoms with van der Waals surface area (Å²) < 4.78 is 0. The van der Waals surface area contributed by atoms with Crippen LogP contribution in [0.2, 0.25) is 0 Å². The highest BCUT2D eigenvalue weighted by molar-refractivity contribution is 5.80. The van der Waals surface area contributed by atoms with Crippen molar-refractivity contribution in [3.05, 3.63) is 0 Å². The molecule has 1 aliphatic carbocycles. The minimum Gasteiger partial charge on any atom is -0.396 e. The summed E-state index contributed by atoms with van der Waals surface area (Å²) in [7, 11) is 0. The van der Waals surface area contributed by atoms with E-state index in [2.05, 4.69) is 27.7 Å². The number of aliphatic hydroxyl groups is 1. The van der Waals surface area contributed by atoms with Crippen molar-refractivity contribution in [2.24, 2.45) is 16.7 Å². The zero-order valence-electron chi connectivity index (χ0n) is 9.05. The lowest BCUT2D eigenvalue weighted by molar-refractivity contribution is -0.133. The minimum absolute atomic E-state index is 0.0480. The Kier molecular flexibility index (Phi) is 2.54. The summed E-state index contributed by atoms with van der Waals surface area (Å²) in [6, 6.07) is 0. The maximum atomic E-state index is 11.5. The van der Waals surface area contributed by atoms with E-state index in [0.29, 0.717) is 18.6 Å². The molecule has 0 aromatic heterocycles. The van der Waals surface area contributed by atoms with Gasteiger partial charge in [-0.2, -0.15) is 0 Å². The average molecular weight is 184 g/mol. The molecule has 1 fully saturated rings. The van der Waals surface area contributed by atoms with Crippen molar-refractivity contribution in [1.29, 1.82) is 0 Å². The second-order valence-corrected chi connectivity index (χ2v) is 5.60. The van der Waals surface area contributed by atoms with Gasteiger partial charge in [0.25, 0.3) is 0 Å². The first-order valence-corrected chi connectivity index (χ1v) is 4.92. The molecule has 0 spiro atoms. The molecule has 13 heavy (non-hydrogen) atoms. The SMILES string of the molecule is CC1(C)CC(=O)CC(C)(C)C1CO. The summed E-state index contributed by atoms with van der Waals surface area (Å²) in [5, 5.41) is 9.34. The zero-order valence-corrected chi connectivity index (χ0v) is 9.05. The van der Waals surface area contributed by atoms with Crippen LogP contribution in [0.1, 0.15) is 40.5 Å². The molecule has 0 aliphatic heterocycles. The molecular formula is C11H20O2. The molecule has 1 rings (SSSR count). The van der Waals surface area contributed by atoms with Crippen LogP contribution in [0.15, 0.2) is 0 Å². The van der Waals surface area contributed by atoms with E-state index in [4.69, 9.17) is 0 Å². The molecule has 2 nitrogen and oxygen atoms in total. The first-order chi connectivity index (χ1) is 5.79. The Morgan fingerprint density at radius 3 is 1.92 bits per heavy atom. The maximum absolute atomic E-state index is 11.5. The molecule has 0 radical (unpaired) electrons. The predicted molar refractivity (Wildman–Crippen MR) is 52.4 cm³/mol. The van der Waals surface area contributed by atoms with Crippen molar-refractivity contribution < 1.29 is 9.90 Å². The van der Waals surface area contributed by atoms with E-state index < -0.39 is 0 Å². The number of Topliss-reactive ketones (excluding diaryl/α,β-unsaturated/α-hetero) is 1. The Morgan fingerprint density at radius 1 is 1.23 bits per heavy atom. The lowest BCUT2D eigenvalue weighted by atomic mass is 9.57. The van der Waals surface area contributed by atoms with Crippen LogP contribution in [0.5, 0.6) is 0 Å². The largest absolute Gasteiger partial charge is 0.396 e. The molecule has 0 amide bonds. The standard InChI is InChI=1S/C11H20O2/c1-10(2)5-8(13)6-11(3,4)9(10)7-12/h9,12H,5-7H2,1-4H3. The van der Waals surface area contributed by atoms with Gasteiger partial charge in [0.2, 0.25) is 0 Å². The van der Waals surface area contributed by atoms with E-state index in [1.165, 1.54) is 0 Å². The van der Waals surface area contributed by atoms with Crippen LogP contribution in [-0.4, -0.2) is 17.5 Å². The monoisotopic (exact) mass is 184 g/mol. The fourth-order valence-electron chi connectivity index (χ4n) is 2.88. The Hall–Kier alpha value is -0.370. The lowest BCUT2D eigenvalue weighted by Crippen LogP contribution is -2.45. The predicted octanol–water partition coefficient (Wildman–Crippen LogP) is 2.01. The van der Waals surface area contributed by atoms with Crippen LogP contribution in [0.4, 0.5) is 0 Å². The number of carbonyl (C=O) groups is 1. The zero-order chi connectivity index (χ0) is 10.3. The van der Waals surface area contributed by atoms with E-state index in [-0.39, 0.29) is 23.4 Å². The fraction of sp³-hybridized carbons (Fsp3) is 0.909. The minimum atomic E-state index is -0.0480. The van der Waals surface area contributed by atoms with Crippen LogP contribution in [0.3, 0.4) is 0 Å². The van der Waals surface area contributed by atoms with Crippen LogP contribution in [0.25, 0.3) is 0 Å². The van der Waals surface area contributed by atoms with Gasteiger partial charge in [0.15, 0.2) is 0 Å². The summed E-state index contributed by atoms with van der Waals surface area (Å²) in [5.74, 6) is 0.567. The van der Waals surface area contributed by atoms with Gasteiger partial charge in [-0.05, 0) is 16.7 Å². The van der Waals surface area contributed by atoms with Crippen molar-refractivity contribution in [1.82, 2.24) is 0 Å². The van der Waals surface area contributed by atoms with E-state index >= 15 is 0 Å². The molecule has 0 bridgehead atoms. The Morgan fingerprint density at radius 2 is 1.62 bits per heavy atom. The van der Waals surface area contributed by atoms with Gasteiger partial charge in [-0.1, -0.05) is 27.7 Å². The number of ketones is 1. The first kappa shape index (κ1) is 10.7. The molecule has 0 atom stereocenters. The molecule has 1 saturated carbocycles. The number of hydrogen-bond donors (Lipinski definition) is 1. The maximum Gasteiger partial charge on any atom is 0.134 e. The molecule has 0 saturated heterocycles. The second kappa shape index (κ2) is 3.09. The van der Waals surface area contributed by atoms with Gasteiger partial charge in [-0.25, -0.2) is 0 Å². The quantitative estimate of drug-likeness (QED) is 0.677. The molecular weight excluding hydrogens is 164 g/mol. The van der Waals surface area contributed by atoms with Crippen molar-refractivity contribution in [3.8, 4) is 0 Å². The summed E-state index contributed by atoms with van der Waals surface area (Å²) in [4.78, 5) is 11.5. The Bertz CT molecular complexity index is 196. The smallest absolute Gasteiger partial charge is 0.134 e. The molecule has 1 N–H and O–H groups in total.